The summed E-state index contributed by atoms with van der Waals surface area (Å²) in [5.41, 5.74) is 1.36. The van der Waals surface area contributed by atoms with Crippen molar-refractivity contribution in [3.05, 3.63) is 42.0 Å². The summed E-state index contributed by atoms with van der Waals surface area (Å²) in [7, 11) is -3.66. The van der Waals surface area contributed by atoms with Crippen molar-refractivity contribution in [3.8, 4) is 5.69 Å². The van der Waals surface area contributed by atoms with Crippen molar-refractivity contribution < 1.29 is 13.2 Å². The molecule has 1 aliphatic heterocycles. The zero-order chi connectivity index (χ0) is 19.1. The van der Waals surface area contributed by atoms with E-state index in [-0.39, 0.29) is 35.0 Å². The fourth-order valence-electron chi connectivity index (χ4n) is 3.09. The van der Waals surface area contributed by atoms with Crippen LogP contribution in [0.1, 0.15) is 43.9 Å². The molecule has 1 aliphatic rings. The number of sulfonamides is 1. The van der Waals surface area contributed by atoms with Gasteiger partial charge in [-0.3, -0.25) is 9.36 Å². The number of fused-ring (bicyclic) bond motifs is 3. The van der Waals surface area contributed by atoms with Gasteiger partial charge in [0.2, 0.25) is 10.0 Å². The van der Waals surface area contributed by atoms with Crippen molar-refractivity contribution in [2.45, 2.75) is 45.2 Å². The Labute approximate surface area is 154 Å². The molecule has 140 valence electrons. The molecule has 2 heterocycles. The first-order valence-electron chi connectivity index (χ1n) is 8.68. The van der Waals surface area contributed by atoms with Gasteiger partial charge in [-0.05, 0) is 31.9 Å². The lowest BCUT2D eigenvalue weighted by molar-refractivity contribution is 0.0936. The molecular weight excluding hydrogens is 352 g/mol. The molecule has 0 radical (unpaired) electrons. The van der Waals surface area contributed by atoms with Crippen LogP contribution in [-0.2, 0) is 16.6 Å². The Morgan fingerprint density at radius 3 is 2.58 bits per heavy atom. The quantitative estimate of drug-likeness (QED) is 0.886. The number of hydrogen-bond donors (Lipinski definition) is 1. The number of imidazole rings is 1. The molecule has 0 spiro atoms. The van der Waals surface area contributed by atoms with Gasteiger partial charge in [0.1, 0.15) is 11.2 Å². The van der Waals surface area contributed by atoms with E-state index in [1.165, 1.54) is 10.6 Å². The van der Waals surface area contributed by atoms with Gasteiger partial charge in [0.05, 0.1) is 17.9 Å². The number of carbonyl (C=O) groups is 1. The average Bonchev–Trinajstić information content (AvgIpc) is 2.93. The predicted molar refractivity (Wildman–Crippen MR) is 98.6 cm³/mol. The van der Waals surface area contributed by atoms with Crippen molar-refractivity contribution in [1.29, 1.82) is 0 Å². The zero-order valence-corrected chi connectivity index (χ0v) is 16.2. The summed E-state index contributed by atoms with van der Waals surface area (Å²) >= 11 is 0. The van der Waals surface area contributed by atoms with Crippen molar-refractivity contribution >= 4 is 15.9 Å². The van der Waals surface area contributed by atoms with Crippen molar-refractivity contribution in [1.82, 2.24) is 19.2 Å². The number of aromatic nitrogens is 2. The summed E-state index contributed by atoms with van der Waals surface area (Å²) in [6.07, 6.45) is 1.53. The summed E-state index contributed by atoms with van der Waals surface area (Å²) in [5, 5.41) is 2.83. The molecule has 0 bridgehead atoms. The van der Waals surface area contributed by atoms with Gasteiger partial charge in [-0.2, -0.15) is 4.31 Å². The predicted octanol–water partition coefficient (Wildman–Crippen LogP) is 2.17. The molecule has 7 nitrogen and oxygen atoms in total. The molecule has 0 fully saturated rings. The highest BCUT2D eigenvalue weighted by Crippen LogP contribution is 2.31. The van der Waals surface area contributed by atoms with Crippen LogP contribution in [0.25, 0.3) is 5.69 Å². The summed E-state index contributed by atoms with van der Waals surface area (Å²) < 4.78 is 29.5. The maximum absolute atomic E-state index is 13.2. The van der Waals surface area contributed by atoms with E-state index in [2.05, 4.69) is 10.3 Å². The topological polar surface area (TPSA) is 84.3 Å². The lowest BCUT2D eigenvalue weighted by Gasteiger charge is -2.22. The van der Waals surface area contributed by atoms with Crippen molar-refractivity contribution in [2.24, 2.45) is 5.92 Å². The molecular formula is C18H24N4O3S. The van der Waals surface area contributed by atoms with E-state index in [1.54, 1.807) is 28.8 Å². The lowest BCUT2D eigenvalue weighted by atomic mass is 10.2. The highest BCUT2D eigenvalue weighted by atomic mass is 32.2. The van der Waals surface area contributed by atoms with Crippen LogP contribution in [0.15, 0.2) is 35.5 Å². The zero-order valence-electron chi connectivity index (χ0n) is 15.4. The highest BCUT2D eigenvalue weighted by Gasteiger charge is 2.35. The summed E-state index contributed by atoms with van der Waals surface area (Å²) in [6.45, 7) is 8.16. The van der Waals surface area contributed by atoms with Crippen LogP contribution in [0.4, 0.5) is 0 Å². The van der Waals surface area contributed by atoms with E-state index in [0.29, 0.717) is 17.9 Å². The molecule has 26 heavy (non-hydrogen) atoms. The molecule has 0 unspecified atom stereocenters. The standard InChI is InChI=1S/C18H24N4O3S/c1-12(2)9-21-10-15-17(18(23)20-13(3)4)19-11-22(15)14-7-5-6-8-16(14)26(21,24)25/h5-8,11-13H,9-10H2,1-4H3,(H,20,23). The van der Waals surface area contributed by atoms with E-state index in [0.717, 1.165) is 0 Å². The van der Waals surface area contributed by atoms with Crippen molar-refractivity contribution in [2.75, 3.05) is 6.54 Å². The maximum atomic E-state index is 13.2. The van der Waals surface area contributed by atoms with Crippen LogP contribution in [-0.4, -0.2) is 40.8 Å². The number of para-hydroxylation sites is 1. The van der Waals surface area contributed by atoms with Crippen LogP contribution in [0, 0.1) is 5.92 Å². The number of nitrogens with one attached hydrogen (secondary N) is 1. The largest absolute Gasteiger partial charge is 0.348 e. The van der Waals surface area contributed by atoms with E-state index in [4.69, 9.17) is 0 Å². The average molecular weight is 376 g/mol. The van der Waals surface area contributed by atoms with Crippen LogP contribution >= 0.6 is 0 Å². The highest BCUT2D eigenvalue weighted by molar-refractivity contribution is 7.89. The minimum atomic E-state index is -3.66. The fraction of sp³-hybridized carbons (Fsp3) is 0.444. The molecule has 8 heteroatoms. The molecule has 1 aromatic carbocycles. The number of benzene rings is 1. The minimum absolute atomic E-state index is 0.0339. The second-order valence-electron chi connectivity index (χ2n) is 7.20. The van der Waals surface area contributed by atoms with Crippen LogP contribution in [0.3, 0.4) is 0 Å². The maximum Gasteiger partial charge on any atom is 0.272 e. The molecule has 0 saturated carbocycles. The summed E-state index contributed by atoms with van der Waals surface area (Å²) in [4.78, 5) is 17.1. The summed E-state index contributed by atoms with van der Waals surface area (Å²) in [6, 6.07) is 6.79. The lowest BCUT2D eigenvalue weighted by Crippen LogP contribution is -2.35. The van der Waals surface area contributed by atoms with Gasteiger partial charge < -0.3 is 5.32 Å². The van der Waals surface area contributed by atoms with Gasteiger partial charge in [0, 0.05) is 12.6 Å². The molecule has 0 aliphatic carbocycles. The third-order valence-electron chi connectivity index (χ3n) is 4.14. The Morgan fingerprint density at radius 1 is 1.23 bits per heavy atom. The Bertz CT molecular complexity index is 932. The van der Waals surface area contributed by atoms with Crippen LogP contribution in [0.5, 0.6) is 0 Å². The normalized spacial score (nSPS) is 16.2. The van der Waals surface area contributed by atoms with Gasteiger partial charge in [0.15, 0.2) is 5.69 Å². The number of rotatable bonds is 4. The van der Waals surface area contributed by atoms with Gasteiger partial charge in [-0.25, -0.2) is 13.4 Å². The smallest absolute Gasteiger partial charge is 0.272 e. The first-order valence-corrected chi connectivity index (χ1v) is 10.1. The molecule has 1 N–H and O–H groups in total. The first-order chi connectivity index (χ1) is 12.2. The number of amides is 1. The second-order valence-corrected chi connectivity index (χ2v) is 9.10. The van der Waals surface area contributed by atoms with Crippen LogP contribution in [0.2, 0.25) is 0 Å². The monoisotopic (exact) mass is 376 g/mol. The molecule has 1 amide bonds. The van der Waals surface area contributed by atoms with E-state index in [1.807, 2.05) is 27.7 Å². The van der Waals surface area contributed by atoms with Gasteiger partial charge in [-0.15, -0.1) is 0 Å². The molecule has 0 saturated heterocycles. The Hall–Kier alpha value is -2.19. The number of carbonyl (C=O) groups excluding carboxylic acids is 1. The molecule has 1 aromatic heterocycles. The van der Waals surface area contributed by atoms with Gasteiger partial charge in [0.25, 0.3) is 5.91 Å². The Balaban J connectivity index is 2.19. The van der Waals surface area contributed by atoms with E-state index in [9.17, 15) is 13.2 Å². The first kappa shape index (κ1) is 18.6. The number of nitrogens with zero attached hydrogens (tertiary/aromatic N) is 3. The van der Waals surface area contributed by atoms with E-state index < -0.39 is 10.0 Å². The Kier molecular flexibility index (Phi) is 4.90. The summed E-state index contributed by atoms with van der Waals surface area (Å²) in [5.74, 6) is -0.144. The van der Waals surface area contributed by atoms with Crippen molar-refractivity contribution in [3.63, 3.8) is 0 Å². The van der Waals surface area contributed by atoms with Gasteiger partial charge in [-0.1, -0.05) is 26.0 Å². The van der Waals surface area contributed by atoms with Gasteiger partial charge >= 0.3 is 0 Å². The molecule has 2 aromatic rings. The second kappa shape index (κ2) is 6.85. The van der Waals surface area contributed by atoms with Crippen LogP contribution < -0.4 is 5.32 Å². The number of hydrogen-bond acceptors (Lipinski definition) is 4. The SMILES string of the molecule is CC(C)CN1Cc2c(C(=O)NC(C)C)ncn2-c2ccccc2S1(=O)=O. The molecule has 0 atom stereocenters. The Morgan fingerprint density at radius 2 is 1.92 bits per heavy atom. The minimum Gasteiger partial charge on any atom is -0.348 e. The third kappa shape index (κ3) is 3.26. The fourth-order valence-corrected chi connectivity index (χ4v) is 4.83. The molecule has 3 rings (SSSR count). The third-order valence-corrected chi connectivity index (χ3v) is 6.00. The van der Waals surface area contributed by atoms with E-state index >= 15 is 0 Å².